The molecule has 3 aromatic rings. The standard InChI is InChI=1S/C25H21N3O3S/c1-17-11-13-18(14-12-17)26-22(29)15-27-21-10-6-5-9-20(21)25(24(27)31)28(23(30)16-32-25)19-7-3-2-4-8-19/h2-14H,15-16H2,1H3,(H,26,29)/t25-/m0/s1. The number of hydrogen-bond acceptors (Lipinski definition) is 4. The molecule has 3 aromatic carbocycles. The third-order valence-corrected chi connectivity index (χ3v) is 7.10. The number of rotatable bonds is 4. The molecular formula is C25H21N3O3S. The highest BCUT2D eigenvalue weighted by atomic mass is 32.2. The smallest absolute Gasteiger partial charge is 0.269 e. The summed E-state index contributed by atoms with van der Waals surface area (Å²) in [6, 6.07) is 24.1. The zero-order valence-corrected chi connectivity index (χ0v) is 18.3. The Bertz CT molecular complexity index is 1210. The van der Waals surface area contributed by atoms with Crippen molar-refractivity contribution >= 4 is 46.5 Å². The van der Waals surface area contributed by atoms with Crippen molar-refractivity contribution in [3.63, 3.8) is 0 Å². The van der Waals surface area contributed by atoms with Crippen molar-refractivity contribution in [2.75, 3.05) is 27.4 Å². The van der Waals surface area contributed by atoms with Gasteiger partial charge < -0.3 is 5.32 Å². The molecule has 32 heavy (non-hydrogen) atoms. The maximum absolute atomic E-state index is 13.9. The summed E-state index contributed by atoms with van der Waals surface area (Å²) < 4.78 is 0. The molecule has 0 aromatic heterocycles. The number of nitrogens with one attached hydrogen (secondary N) is 1. The SMILES string of the molecule is Cc1ccc(NC(=O)CN2C(=O)[C@@]3(SCC(=O)N3c3ccccc3)c3ccccc32)cc1. The highest BCUT2D eigenvalue weighted by molar-refractivity contribution is 8.02. The Kier molecular flexibility index (Phi) is 4.98. The van der Waals surface area contributed by atoms with E-state index in [4.69, 9.17) is 0 Å². The van der Waals surface area contributed by atoms with Crippen LogP contribution >= 0.6 is 11.8 Å². The average molecular weight is 444 g/mol. The highest BCUT2D eigenvalue weighted by Gasteiger charge is 2.61. The van der Waals surface area contributed by atoms with E-state index >= 15 is 0 Å². The van der Waals surface area contributed by atoms with Crippen LogP contribution in [-0.4, -0.2) is 30.0 Å². The summed E-state index contributed by atoms with van der Waals surface area (Å²) in [6.07, 6.45) is 0. The van der Waals surface area contributed by atoms with Gasteiger partial charge in [0.15, 0.2) is 0 Å². The predicted octanol–water partition coefficient (Wildman–Crippen LogP) is 3.91. The Labute approximate surface area is 190 Å². The van der Waals surface area contributed by atoms with Crippen LogP contribution in [0.5, 0.6) is 0 Å². The van der Waals surface area contributed by atoms with Crippen LogP contribution in [0.1, 0.15) is 11.1 Å². The molecule has 0 saturated carbocycles. The lowest BCUT2D eigenvalue weighted by molar-refractivity contribution is -0.124. The fraction of sp³-hybridized carbons (Fsp3) is 0.160. The second-order valence-corrected chi connectivity index (χ2v) is 8.99. The average Bonchev–Trinajstić information content (AvgIpc) is 3.27. The van der Waals surface area contributed by atoms with Crippen LogP contribution in [0.3, 0.4) is 0 Å². The lowest BCUT2D eigenvalue weighted by atomic mass is 10.0. The lowest BCUT2D eigenvalue weighted by Gasteiger charge is -2.33. The van der Waals surface area contributed by atoms with Crippen LogP contribution in [0.2, 0.25) is 0 Å². The number of carbonyl (C=O) groups is 3. The molecule has 1 saturated heterocycles. The molecule has 2 heterocycles. The van der Waals surface area contributed by atoms with Gasteiger partial charge in [-0.1, -0.05) is 54.1 Å². The molecule has 1 spiro atoms. The van der Waals surface area contributed by atoms with Crippen LogP contribution in [-0.2, 0) is 19.3 Å². The van der Waals surface area contributed by atoms with Crippen molar-refractivity contribution in [1.82, 2.24) is 0 Å². The number of fused-ring (bicyclic) bond motifs is 2. The minimum Gasteiger partial charge on any atom is -0.325 e. The molecule has 6 nitrogen and oxygen atoms in total. The first-order chi connectivity index (χ1) is 15.5. The quantitative estimate of drug-likeness (QED) is 0.664. The van der Waals surface area contributed by atoms with Crippen molar-refractivity contribution in [3.8, 4) is 0 Å². The Balaban J connectivity index is 1.50. The van der Waals surface area contributed by atoms with Gasteiger partial charge in [-0.25, -0.2) is 0 Å². The van der Waals surface area contributed by atoms with E-state index in [9.17, 15) is 14.4 Å². The number of para-hydroxylation sites is 2. The number of nitrogens with zero attached hydrogens (tertiary/aromatic N) is 2. The second kappa shape index (κ2) is 7.84. The molecule has 0 bridgehead atoms. The fourth-order valence-electron chi connectivity index (χ4n) is 4.27. The van der Waals surface area contributed by atoms with Gasteiger partial charge in [-0.15, -0.1) is 11.8 Å². The summed E-state index contributed by atoms with van der Waals surface area (Å²) in [5.74, 6) is -0.513. The third kappa shape index (κ3) is 3.17. The van der Waals surface area contributed by atoms with Gasteiger partial charge in [-0.3, -0.25) is 24.2 Å². The van der Waals surface area contributed by atoms with E-state index in [1.165, 1.54) is 16.7 Å². The number of carbonyl (C=O) groups excluding carboxylic acids is 3. The van der Waals surface area contributed by atoms with Crippen molar-refractivity contribution in [2.24, 2.45) is 0 Å². The Morgan fingerprint density at radius 2 is 1.66 bits per heavy atom. The zero-order chi connectivity index (χ0) is 22.3. The Morgan fingerprint density at radius 1 is 0.969 bits per heavy atom. The van der Waals surface area contributed by atoms with Crippen LogP contribution in [0.15, 0.2) is 78.9 Å². The van der Waals surface area contributed by atoms with Gasteiger partial charge in [0.25, 0.3) is 5.91 Å². The van der Waals surface area contributed by atoms with Crippen LogP contribution < -0.4 is 15.1 Å². The highest BCUT2D eigenvalue weighted by Crippen LogP contribution is 2.55. The van der Waals surface area contributed by atoms with Gasteiger partial charge in [-0.05, 0) is 37.3 Å². The van der Waals surface area contributed by atoms with E-state index < -0.39 is 4.87 Å². The molecule has 1 fully saturated rings. The number of amides is 3. The third-order valence-electron chi connectivity index (χ3n) is 5.72. The maximum Gasteiger partial charge on any atom is 0.269 e. The van der Waals surface area contributed by atoms with E-state index in [1.807, 2.05) is 85.8 Å². The minimum absolute atomic E-state index is 0.129. The van der Waals surface area contributed by atoms with Gasteiger partial charge in [0.2, 0.25) is 16.7 Å². The molecule has 2 aliphatic rings. The maximum atomic E-state index is 13.9. The summed E-state index contributed by atoms with van der Waals surface area (Å²) >= 11 is 1.30. The van der Waals surface area contributed by atoms with Crippen LogP contribution in [0.25, 0.3) is 0 Å². The van der Waals surface area contributed by atoms with E-state index in [0.717, 1.165) is 11.1 Å². The van der Waals surface area contributed by atoms with Crippen molar-refractivity contribution < 1.29 is 14.4 Å². The first kappa shape index (κ1) is 20.3. The van der Waals surface area contributed by atoms with Crippen molar-refractivity contribution in [1.29, 1.82) is 0 Å². The Morgan fingerprint density at radius 3 is 2.41 bits per heavy atom. The van der Waals surface area contributed by atoms with E-state index in [2.05, 4.69) is 5.32 Å². The molecule has 2 aliphatic heterocycles. The van der Waals surface area contributed by atoms with E-state index in [1.54, 1.807) is 4.90 Å². The summed E-state index contributed by atoms with van der Waals surface area (Å²) in [6.45, 7) is 1.84. The van der Waals surface area contributed by atoms with Gasteiger partial charge in [0.1, 0.15) is 6.54 Å². The monoisotopic (exact) mass is 443 g/mol. The number of thioether (sulfide) groups is 1. The largest absolute Gasteiger partial charge is 0.325 e. The van der Waals surface area contributed by atoms with Gasteiger partial charge >= 0.3 is 0 Å². The molecular weight excluding hydrogens is 422 g/mol. The van der Waals surface area contributed by atoms with E-state index in [-0.39, 0.29) is 30.0 Å². The summed E-state index contributed by atoms with van der Waals surface area (Å²) in [5.41, 5.74) is 3.81. The van der Waals surface area contributed by atoms with Crippen molar-refractivity contribution in [2.45, 2.75) is 11.8 Å². The number of anilines is 3. The predicted molar refractivity (Wildman–Crippen MR) is 127 cm³/mol. The normalized spacial score (nSPS) is 19.5. The Hall–Kier alpha value is -3.58. The molecule has 0 radical (unpaired) electrons. The molecule has 1 N–H and O–H groups in total. The van der Waals surface area contributed by atoms with Crippen molar-refractivity contribution in [3.05, 3.63) is 90.0 Å². The number of aryl methyl sites for hydroxylation is 1. The number of benzene rings is 3. The first-order valence-corrected chi connectivity index (χ1v) is 11.3. The summed E-state index contributed by atoms with van der Waals surface area (Å²) in [7, 11) is 0. The molecule has 3 amide bonds. The van der Waals surface area contributed by atoms with E-state index in [0.29, 0.717) is 17.1 Å². The minimum atomic E-state index is -1.21. The fourth-order valence-corrected chi connectivity index (χ4v) is 5.63. The van der Waals surface area contributed by atoms with Gasteiger partial charge in [0, 0.05) is 16.9 Å². The topological polar surface area (TPSA) is 69.7 Å². The molecule has 7 heteroatoms. The lowest BCUT2D eigenvalue weighted by Crippen LogP contribution is -2.50. The van der Waals surface area contributed by atoms with Crippen LogP contribution in [0, 0.1) is 6.92 Å². The number of hydrogen-bond donors (Lipinski definition) is 1. The molecule has 1 atom stereocenters. The molecule has 0 aliphatic carbocycles. The molecule has 160 valence electrons. The summed E-state index contributed by atoms with van der Waals surface area (Å²) in [5, 5.41) is 2.86. The summed E-state index contributed by atoms with van der Waals surface area (Å²) in [4.78, 5) is 41.5. The van der Waals surface area contributed by atoms with Gasteiger partial charge in [-0.2, -0.15) is 0 Å². The molecule has 5 rings (SSSR count). The van der Waals surface area contributed by atoms with Gasteiger partial charge in [0.05, 0.1) is 11.4 Å². The van der Waals surface area contributed by atoms with Crippen LogP contribution in [0.4, 0.5) is 17.1 Å². The second-order valence-electron chi connectivity index (χ2n) is 7.82. The first-order valence-electron chi connectivity index (χ1n) is 10.3. The zero-order valence-electron chi connectivity index (χ0n) is 17.4. The molecule has 0 unspecified atom stereocenters.